The molecule has 12 atom stereocenters. The highest BCUT2D eigenvalue weighted by atomic mass is 32.2. The lowest BCUT2D eigenvalue weighted by Crippen LogP contribution is -2.59. The number of phosphoric acid groups is 2. The van der Waals surface area contributed by atoms with Crippen LogP contribution in [0.4, 0.5) is 0 Å². The second kappa shape index (κ2) is 17.3. The molecule has 50 heavy (non-hydrogen) atoms. The average Bonchev–Trinajstić information content (AvgIpc) is 3.47. The Balaban J connectivity index is 1.30. The third-order valence-electron chi connectivity index (χ3n) is 7.52. The van der Waals surface area contributed by atoms with Gasteiger partial charge < -0.3 is 54.3 Å². The highest BCUT2D eigenvalue weighted by Crippen LogP contribution is 2.59. The Morgan fingerprint density at radius 1 is 0.980 bits per heavy atom. The van der Waals surface area contributed by atoms with Gasteiger partial charge in [-0.3, -0.25) is 42.4 Å². The minimum atomic E-state index is -5.97. The molecule has 6 unspecified atom stereocenters. The van der Waals surface area contributed by atoms with Crippen molar-refractivity contribution in [3.63, 3.8) is 0 Å². The van der Waals surface area contributed by atoms with Crippen LogP contribution in [0.2, 0.25) is 0 Å². The molecule has 3 saturated heterocycles. The number of nitrogens with one attached hydrogen (secondary N) is 1. The summed E-state index contributed by atoms with van der Waals surface area (Å²) in [4.78, 5) is 73.8. The number of H-pyrrole nitrogens is 1. The summed E-state index contributed by atoms with van der Waals surface area (Å²) in [6.07, 6.45) is -16.1. The molecule has 3 fully saturated rings. The fourth-order valence-corrected chi connectivity index (χ4v) is 8.30. The quantitative estimate of drug-likeness (QED) is 0.0442. The molecule has 4 heterocycles. The number of methoxy groups -OCH3 is 1. The van der Waals surface area contributed by atoms with E-state index in [0.29, 0.717) is 11.2 Å². The number of carbonyl (C=O) groups excluding carboxylic acids is 2. The molecule has 23 nitrogen and oxygen atoms in total. The molecular weight excluding hydrogens is 744 g/mol. The van der Waals surface area contributed by atoms with Gasteiger partial charge in [-0.25, -0.2) is 13.7 Å². The Labute approximate surface area is 285 Å². The van der Waals surface area contributed by atoms with Crippen molar-refractivity contribution in [3.05, 3.63) is 33.1 Å². The SMILES string of the molecule is COCCOCCN1C(=O)CC(SCC2O[C@@H](OP(=O)([O-])OP(=O)(O)OC[C@H]3O[C@@H](n4ccc(=O)[nH]c4=O)C(O)[C@H]3O)C(O)[C@@H](O)[C@H]2O)C1=O. The zero-order valence-corrected chi connectivity index (χ0v) is 28.6. The van der Waals surface area contributed by atoms with Crippen molar-refractivity contribution >= 4 is 39.2 Å². The van der Waals surface area contributed by atoms with Crippen LogP contribution in [-0.4, -0.2) is 157 Å². The van der Waals surface area contributed by atoms with Gasteiger partial charge >= 0.3 is 13.5 Å². The molecule has 26 heteroatoms. The number of ether oxygens (including phenoxy) is 4. The number of aromatic nitrogens is 2. The Morgan fingerprint density at radius 3 is 2.36 bits per heavy atom. The van der Waals surface area contributed by atoms with Crippen LogP contribution in [0.25, 0.3) is 0 Å². The minimum Gasteiger partial charge on any atom is -0.756 e. The van der Waals surface area contributed by atoms with Crippen molar-refractivity contribution in [1.82, 2.24) is 14.5 Å². The molecule has 7 N–H and O–H groups in total. The monoisotopic (exact) mass is 780 g/mol. The number of thioether (sulfide) groups is 1. The fraction of sp³-hybridized carbons (Fsp3) is 0.750. The van der Waals surface area contributed by atoms with Crippen LogP contribution < -0.4 is 16.1 Å². The first-order chi connectivity index (χ1) is 23.4. The summed E-state index contributed by atoms with van der Waals surface area (Å²) >= 11 is 0.836. The summed E-state index contributed by atoms with van der Waals surface area (Å²) in [5.41, 5.74) is -1.79. The van der Waals surface area contributed by atoms with Crippen molar-refractivity contribution in [3.8, 4) is 0 Å². The molecule has 2 amide bonds. The molecule has 284 valence electrons. The predicted molar refractivity (Wildman–Crippen MR) is 160 cm³/mol. The summed E-state index contributed by atoms with van der Waals surface area (Å²) in [5, 5.41) is 50.6. The number of phosphoric ester groups is 2. The normalized spacial score (nSPS) is 34.2. The zero-order chi connectivity index (χ0) is 37.0. The fourth-order valence-electron chi connectivity index (χ4n) is 4.96. The van der Waals surface area contributed by atoms with Crippen LogP contribution >= 0.6 is 27.4 Å². The van der Waals surface area contributed by atoms with E-state index in [1.165, 1.54) is 7.11 Å². The van der Waals surface area contributed by atoms with E-state index >= 15 is 0 Å². The third kappa shape index (κ3) is 10.1. The number of hydrogen-bond donors (Lipinski definition) is 7. The number of aromatic amines is 1. The van der Waals surface area contributed by atoms with E-state index in [0.717, 1.165) is 28.9 Å². The number of aliphatic hydroxyl groups is 5. The summed E-state index contributed by atoms with van der Waals surface area (Å²) in [6.45, 7) is -0.479. The van der Waals surface area contributed by atoms with Crippen molar-refractivity contribution in [1.29, 1.82) is 0 Å². The largest absolute Gasteiger partial charge is 0.756 e. The molecule has 0 saturated carbocycles. The molecule has 0 bridgehead atoms. The molecule has 0 aliphatic carbocycles. The number of carbonyl (C=O) groups is 2. The van der Waals surface area contributed by atoms with Gasteiger partial charge in [0.25, 0.3) is 13.4 Å². The van der Waals surface area contributed by atoms with Gasteiger partial charge in [0.15, 0.2) is 12.5 Å². The molecule has 0 spiro atoms. The van der Waals surface area contributed by atoms with Gasteiger partial charge in [-0.05, 0) is 0 Å². The first-order valence-electron chi connectivity index (χ1n) is 14.7. The summed E-state index contributed by atoms with van der Waals surface area (Å²) < 4.78 is 59.6. The maximum absolute atomic E-state index is 12.7. The first kappa shape index (κ1) is 40.8. The highest BCUT2D eigenvalue weighted by Gasteiger charge is 2.49. The Morgan fingerprint density at radius 2 is 1.68 bits per heavy atom. The smallest absolute Gasteiger partial charge is 0.478 e. The van der Waals surface area contributed by atoms with Crippen molar-refractivity contribution in [2.45, 2.75) is 66.9 Å². The van der Waals surface area contributed by atoms with Crippen molar-refractivity contribution in [2.24, 2.45) is 0 Å². The number of imide groups is 1. The molecule has 0 radical (unpaired) electrons. The van der Waals surface area contributed by atoms with E-state index < -0.39 is 106 Å². The molecule has 1 aromatic heterocycles. The molecular formula is C24H36N3O20P2S-. The van der Waals surface area contributed by atoms with Crippen LogP contribution in [0.5, 0.6) is 0 Å². The molecule has 3 aliphatic rings. The Bertz CT molecular complexity index is 1560. The predicted octanol–water partition coefficient (Wildman–Crippen LogP) is -4.89. The van der Waals surface area contributed by atoms with Gasteiger partial charge in [0, 0.05) is 31.5 Å². The minimum absolute atomic E-state index is 0.0200. The molecule has 1 aromatic rings. The number of likely N-dealkylation sites (tertiary alicyclic amines) is 1. The van der Waals surface area contributed by atoms with Crippen LogP contribution in [0.15, 0.2) is 21.9 Å². The van der Waals surface area contributed by atoms with E-state index in [9.17, 15) is 63.6 Å². The lowest BCUT2D eigenvalue weighted by molar-refractivity contribution is -0.295. The standard InChI is InChI=1S/C24H37N3O20P2S/c1-41-6-7-42-5-4-26-15(29)8-13(21(26)35)50-10-12-17(31)18(32)20(34)23(45-12)46-49(39,40)47-48(37,38)43-9-11-16(30)19(33)22(44-11)27-3-2-14(28)25-24(27)36/h2-3,11-13,16-20,22-23,30-34H,4-10H2,1H3,(H,37,38)(H,39,40)(H,25,28,36)/p-1/t11-,12?,13?,16+,17+,18+,19?,20?,22-,23+/m1/s1. The van der Waals surface area contributed by atoms with Gasteiger partial charge in [0.2, 0.25) is 11.8 Å². The number of nitrogens with zero attached hydrogens (tertiary/aromatic N) is 2. The van der Waals surface area contributed by atoms with Crippen LogP contribution in [0.3, 0.4) is 0 Å². The van der Waals surface area contributed by atoms with E-state index in [2.05, 4.69) is 13.4 Å². The van der Waals surface area contributed by atoms with Gasteiger partial charge in [-0.15, -0.1) is 11.8 Å². The number of amides is 2. The Hall–Kier alpha value is -1.93. The highest BCUT2D eigenvalue weighted by molar-refractivity contribution is 8.00. The number of hydrogen-bond acceptors (Lipinski definition) is 20. The average molecular weight is 781 g/mol. The summed E-state index contributed by atoms with van der Waals surface area (Å²) in [7, 11) is -10.1. The molecule has 4 rings (SSSR count). The zero-order valence-electron chi connectivity index (χ0n) is 26.0. The van der Waals surface area contributed by atoms with E-state index in [1.807, 2.05) is 4.98 Å². The lowest BCUT2D eigenvalue weighted by atomic mass is 10.0. The third-order valence-corrected chi connectivity index (χ3v) is 11.4. The maximum atomic E-state index is 12.7. The second-order valence-electron chi connectivity index (χ2n) is 11.0. The summed E-state index contributed by atoms with van der Waals surface area (Å²) in [6, 6.07) is 0.916. The maximum Gasteiger partial charge on any atom is 0.478 e. The van der Waals surface area contributed by atoms with Crippen molar-refractivity contribution in [2.75, 3.05) is 45.8 Å². The van der Waals surface area contributed by atoms with E-state index in [1.54, 1.807) is 0 Å². The van der Waals surface area contributed by atoms with Crippen LogP contribution in [-0.2, 0) is 51.0 Å². The van der Waals surface area contributed by atoms with Crippen LogP contribution in [0, 0.1) is 0 Å². The Kier molecular flexibility index (Phi) is 14.1. The number of aliphatic hydroxyl groups excluding tert-OH is 5. The number of rotatable bonds is 17. The van der Waals surface area contributed by atoms with E-state index in [4.69, 9.17) is 18.9 Å². The van der Waals surface area contributed by atoms with Gasteiger partial charge in [-0.2, -0.15) is 0 Å². The molecule has 3 aliphatic heterocycles. The van der Waals surface area contributed by atoms with E-state index in [-0.39, 0.29) is 31.9 Å². The van der Waals surface area contributed by atoms with Gasteiger partial charge in [0.1, 0.15) is 36.6 Å². The van der Waals surface area contributed by atoms with Gasteiger partial charge in [-0.1, -0.05) is 0 Å². The van der Waals surface area contributed by atoms with Gasteiger partial charge in [0.05, 0.1) is 44.3 Å². The van der Waals surface area contributed by atoms with Crippen LogP contribution in [0.1, 0.15) is 12.6 Å². The topological polar surface area (TPSA) is 335 Å². The van der Waals surface area contributed by atoms with Crippen molar-refractivity contribution < 1.29 is 86.3 Å². The first-order valence-corrected chi connectivity index (χ1v) is 18.7. The molecule has 0 aromatic carbocycles. The second-order valence-corrected chi connectivity index (χ2v) is 15.2. The summed E-state index contributed by atoms with van der Waals surface area (Å²) in [5.74, 6) is -1.37. The lowest BCUT2D eigenvalue weighted by Gasteiger charge is -2.41.